The van der Waals surface area contributed by atoms with E-state index in [4.69, 9.17) is 9.47 Å². The van der Waals surface area contributed by atoms with E-state index in [0.717, 1.165) is 5.56 Å². The maximum Gasteiger partial charge on any atom is 0.287 e. The number of nitrogens with zero attached hydrogens (tertiary/aromatic N) is 1. The van der Waals surface area contributed by atoms with Crippen molar-refractivity contribution >= 4 is 23.6 Å². The standard InChI is InChI=1S/C26H25N3O4/c1-18(22-17-21(32-2)14-15-24(22)33-3)28-29-26(31)23(16-19-10-6-4-7-11-19)27-25(30)20-12-8-5-9-13-20/h4-17H,1-3H3,(H,27,30)(H,29,31)/b23-16-,28-18+. The van der Waals surface area contributed by atoms with Crippen LogP contribution in [0.15, 0.2) is 89.7 Å². The molecule has 7 heteroatoms. The highest BCUT2D eigenvalue weighted by atomic mass is 16.5. The van der Waals surface area contributed by atoms with Crippen molar-refractivity contribution in [2.45, 2.75) is 6.92 Å². The third-order valence-corrected chi connectivity index (χ3v) is 4.76. The first kappa shape index (κ1) is 23.3. The summed E-state index contributed by atoms with van der Waals surface area (Å²) in [7, 11) is 3.12. The molecular formula is C26H25N3O4. The Morgan fingerprint density at radius 2 is 1.55 bits per heavy atom. The summed E-state index contributed by atoms with van der Waals surface area (Å²) in [6, 6.07) is 23.2. The number of ether oxygens (including phenoxy) is 2. The molecule has 0 unspecified atom stereocenters. The van der Waals surface area contributed by atoms with Crippen molar-refractivity contribution < 1.29 is 19.1 Å². The Morgan fingerprint density at radius 1 is 0.879 bits per heavy atom. The molecule has 3 aromatic carbocycles. The summed E-state index contributed by atoms with van der Waals surface area (Å²) in [5.74, 6) is 0.252. The minimum Gasteiger partial charge on any atom is -0.497 e. The number of rotatable bonds is 8. The molecule has 0 aliphatic heterocycles. The number of nitrogens with one attached hydrogen (secondary N) is 2. The second-order valence-corrected chi connectivity index (χ2v) is 6.99. The van der Waals surface area contributed by atoms with Crippen LogP contribution >= 0.6 is 0 Å². The van der Waals surface area contributed by atoms with Crippen LogP contribution in [0.1, 0.15) is 28.4 Å². The predicted octanol–water partition coefficient (Wildman–Crippen LogP) is 4.02. The Balaban J connectivity index is 1.86. The fourth-order valence-electron chi connectivity index (χ4n) is 3.01. The van der Waals surface area contributed by atoms with Crippen LogP contribution in [0.25, 0.3) is 6.08 Å². The molecule has 0 bridgehead atoms. The molecule has 0 atom stereocenters. The van der Waals surface area contributed by atoms with E-state index in [0.29, 0.717) is 28.3 Å². The Hall–Kier alpha value is -4.39. The van der Waals surface area contributed by atoms with E-state index in [9.17, 15) is 9.59 Å². The monoisotopic (exact) mass is 443 g/mol. The third-order valence-electron chi connectivity index (χ3n) is 4.76. The van der Waals surface area contributed by atoms with Crippen molar-refractivity contribution in [2.24, 2.45) is 5.10 Å². The van der Waals surface area contributed by atoms with Gasteiger partial charge in [-0.2, -0.15) is 5.10 Å². The lowest BCUT2D eigenvalue weighted by Crippen LogP contribution is -2.33. The number of amides is 2. The molecule has 0 fully saturated rings. The van der Waals surface area contributed by atoms with E-state index in [2.05, 4.69) is 15.8 Å². The van der Waals surface area contributed by atoms with Crippen molar-refractivity contribution in [1.82, 2.24) is 10.7 Å². The van der Waals surface area contributed by atoms with Crippen LogP contribution in [0.2, 0.25) is 0 Å². The van der Waals surface area contributed by atoms with Crippen molar-refractivity contribution in [3.05, 3.63) is 101 Å². The molecule has 168 valence electrons. The van der Waals surface area contributed by atoms with Gasteiger partial charge in [-0.05, 0) is 48.9 Å². The van der Waals surface area contributed by atoms with E-state index in [1.807, 2.05) is 36.4 Å². The van der Waals surface area contributed by atoms with Crippen molar-refractivity contribution in [3.63, 3.8) is 0 Å². The van der Waals surface area contributed by atoms with Crippen molar-refractivity contribution in [2.75, 3.05) is 14.2 Å². The summed E-state index contributed by atoms with van der Waals surface area (Å²) in [5, 5.41) is 6.89. The first-order chi connectivity index (χ1) is 16.0. The number of hydrogen-bond donors (Lipinski definition) is 2. The quantitative estimate of drug-likeness (QED) is 0.313. The molecular weight excluding hydrogens is 418 g/mol. The highest BCUT2D eigenvalue weighted by molar-refractivity contribution is 6.06. The minimum atomic E-state index is -0.565. The average Bonchev–Trinajstić information content (AvgIpc) is 2.87. The molecule has 2 N–H and O–H groups in total. The SMILES string of the molecule is COc1ccc(OC)c(/C(C)=N/NC(=O)/C(=C/c2ccccc2)NC(=O)c2ccccc2)c1. The third kappa shape index (κ3) is 6.30. The van der Waals surface area contributed by atoms with Gasteiger partial charge in [-0.25, -0.2) is 5.43 Å². The molecule has 0 spiro atoms. The number of carbonyl (C=O) groups is 2. The van der Waals surface area contributed by atoms with Gasteiger partial charge in [0.25, 0.3) is 11.8 Å². The van der Waals surface area contributed by atoms with Gasteiger partial charge in [-0.15, -0.1) is 0 Å². The van der Waals surface area contributed by atoms with Gasteiger partial charge in [0.2, 0.25) is 0 Å². The van der Waals surface area contributed by atoms with Crippen LogP contribution in [0.3, 0.4) is 0 Å². The molecule has 33 heavy (non-hydrogen) atoms. The van der Waals surface area contributed by atoms with E-state index >= 15 is 0 Å². The molecule has 3 aromatic rings. The second kappa shape index (κ2) is 11.3. The normalized spacial score (nSPS) is 11.5. The molecule has 0 saturated heterocycles. The van der Waals surface area contributed by atoms with E-state index in [1.165, 1.54) is 0 Å². The zero-order chi connectivity index (χ0) is 23.6. The molecule has 2 amide bonds. The highest BCUT2D eigenvalue weighted by Gasteiger charge is 2.15. The van der Waals surface area contributed by atoms with Gasteiger partial charge in [0.1, 0.15) is 17.2 Å². The lowest BCUT2D eigenvalue weighted by atomic mass is 10.1. The largest absolute Gasteiger partial charge is 0.497 e. The second-order valence-electron chi connectivity index (χ2n) is 6.99. The number of benzene rings is 3. The first-order valence-corrected chi connectivity index (χ1v) is 10.2. The maximum absolute atomic E-state index is 13.0. The molecule has 0 aliphatic rings. The Morgan fingerprint density at radius 3 is 2.18 bits per heavy atom. The number of hydrazone groups is 1. The van der Waals surface area contributed by atoms with Gasteiger partial charge in [-0.3, -0.25) is 9.59 Å². The molecule has 0 radical (unpaired) electrons. The van der Waals surface area contributed by atoms with Crippen LogP contribution in [-0.4, -0.2) is 31.7 Å². The summed E-state index contributed by atoms with van der Waals surface area (Å²) in [4.78, 5) is 25.6. The van der Waals surface area contributed by atoms with E-state index in [1.54, 1.807) is 69.7 Å². The highest BCUT2D eigenvalue weighted by Crippen LogP contribution is 2.24. The summed E-state index contributed by atoms with van der Waals surface area (Å²) in [6.07, 6.45) is 1.59. The average molecular weight is 444 g/mol. The van der Waals surface area contributed by atoms with Crippen LogP contribution in [0.5, 0.6) is 11.5 Å². The van der Waals surface area contributed by atoms with Gasteiger partial charge >= 0.3 is 0 Å². The zero-order valence-corrected chi connectivity index (χ0v) is 18.7. The molecule has 0 aliphatic carbocycles. The summed E-state index contributed by atoms with van der Waals surface area (Å²) in [6.45, 7) is 1.74. The van der Waals surface area contributed by atoms with Crippen molar-refractivity contribution in [1.29, 1.82) is 0 Å². The molecule has 7 nitrogen and oxygen atoms in total. The molecule has 0 saturated carbocycles. The predicted molar refractivity (Wildman–Crippen MR) is 128 cm³/mol. The van der Waals surface area contributed by atoms with Gasteiger partial charge in [0.15, 0.2) is 0 Å². The van der Waals surface area contributed by atoms with Crippen LogP contribution in [0, 0.1) is 0 Å². The van der Waals surface area contributed by atoms with Gasteiger partial charge in [0, 0.05) is 11.1 Å². The first-order valence-electron chi connectivity index (χ1n) is 10.2. The summed E-state index contributed by atoms with van der Waals surface area (Å²) in [5.41, 5.74) is 4.94. The lowest BCUT2D eigenvalue weighted by molar-refractivity contribution is -0.117. The van der Waals surface area contributed by atoms with Crippen LogP contribution in [0.4, 0.5) is 0 Å². The van der Waals surface area contributed by atoms with Crippen LogP contribution in [-0.2, 0) is 4.79 Å². The molecule has 0 heterocycles. The zero-order valence-electron chi connectivity index (χ0n) is 18.7. The summed E-state index contributed by atoms with van der Waals surface area (Å²) < 4.78 is 10.6. The Bertz CT molecular complexity index is 1170. The fraction of sp³-hybridized carbons (Fsp3) is 0.115. The molecule has 3 rings (SSSR count). The van der Waals surface area contributed by atoms with E-state index in [-0.39, 0.29) is 5.70 Å². The number of carbonyl (C=O) groups excluding carboxylic acids is 2. The Kier molecular flexibility index (Phi) is 7.96. The summed E-state index contributed by atoms with van der Waals surface area (Å²) >= 11 is 0. The van der Waals surface area contributed by atoms with Crippen LogP contribution < -0.4 is 20.2 Å². The number of methoxy groups -OCH3 is 2. The van der Waals surface area contributed by atoms with Gasteiger partial charge in [-0.1, -0.05) is 48.5 Å². The smallest absolute Gasteiger partial charge is 0.287 e. The maximum atomic E-state index is 13.0. The number of hydrogen-bond acceptors (Lipinski definition) is 5. The van der Waals surface area contributed by atoms with Gasteiger partial charge in [0.05, 0.1) is 19.9 Å². The minimum absolute atomic E-state index is 0.0595. The topological polar surface area (TPSA) is 89.0 Å². The van der Waals surface area contributed by atoms with E-state index < -0.39 is 11.8 Å². The van der Waals surface area contributed by atoms with Gasteiger partial charge < -0.3 is 14.8 Å². The van der Waals surface area contributed by atoms with Crippen molar-refractivity contribution in [3.8, 4) is 11.5 Å². The molecule has 0 aromatic heterocycles. The lowest BCUT2D eigenvalue weighted by Gasteiger charge is -2.12. The fourth-order valence-corrected chi connectivity index (χ4v) is 3.01. The Labute approximate surface area is 192 Å².